The highest BCUT2D eigenvalue weighted by molar-refractivity contribution is 5.94. The zero-order valence-corrected chi connectivity index (χ0v) is 14.4. The van der Waals surface area contributed by atoms with Crippen LogP contribution in [0.4, 0.5) is 0 Å². The molecule has 1 unspecified atom stereocenters. The second-order valence-corrected chi connectivity index (χ2v) is 6.84. The van der Waals surface area contributed by atoms with Gasteiger partial charge in [-0.3, -0.25) is 9.69 Å². The van der Waals surface area contributed by atoms with Crippen LogP contribution in [0.1, 0.15) is 16.8 Å². The lowest BCUT2D eigenvalue weighted by molar-refractivity contribution is 0.0310. The van der Waals surface area contributed by atoms with E-state index < -0.39 is 0 Å². The van der Waals surface area contributed by atoms with Gasteiger partial charge < -0.3 is 14.2 Å². The van der Waals surface area contributed by atoms with Crippen molar-refractivity contribution in [3.63, 3.8) is 0 Å². The molecule has 4 rings (SSSR count). The Kier molecular flexibility index (Phi) is 4.81. The molecule has 1 aromatic heterocycles. The Morgan fingerprint density at radius 3 is 2.68 bits per heavy atom. The lowest BCUT2D eigenvalue weighted by atomic mass is 10.1. The molecule has 0 radical (unpaired) electrons. The summed E-state index contributed by atoms with van der Waals surface area (Å²) >= 11 is 0. The number of aromatic nitrogens is 2. The van der Waals surface area contributed by atoms with Crippen molar-refractivity contribution in [1.29, 1.82) is 0 Å². The average molecular weight is 340 g/mol. The number of nitrogens with zero attached hydrogens (tertiary/aromatic N) is 4. The second kappa shape index (κ2) is 7.37. The summed E-state index contributed by atoms with van der Waals surface area (Å²) in [4.78, 5) is 21.3. The monoisotopic (exact) mass is 340 g/mol. The predicted molar refractivity (Wildman–Crippen MR) is 94.8 cm³/mol. The smallest absolute Gasteiger partial charge is 0.253 e. The van der Waals surface area contributed by atoms with Crippen molar-refractivity contribution in [2.24, 2.45) is 5.92 Å². The van der Waals surface area contributed by atoms with Gasteiger partial charge in [-0.25, -0.2) is 4.98 Å². The van der Waals surface area contributed by atoms with Crippen molar-refractivity contribution in [1.82, 2.24) is 19.4 Å². The molecule has 2 aliphatic heterocycles. The number of hydrogen-bond acceptors (Lipinski definition) is 4. The number of amides is 1. The molecule has 1 atom stereocenters. The molecule has 1 amide bonds. The van der Waals surface area contributed by atoms with Gasteiger partial charge in [0.05, 0.1) is 19.5 Å². The standard InChI is InChI=1S/C19H24N4O2/c24-19(17-1-3-18(4-2-17)23-8-6-20-15-23)22-7-5-16(14-22)13-21-9-11-25-12-10-21/h1-4,6,8,15-16H,5,7,9-14H2. The van der Waals surface area contributed by atoms with E-state index in [1.807, 2.05) is 39.9 Å². The third-order valence-corrected chi connectivity index (χ3v) is 5.11. The summed E-state index contributed by atoms with van der Waals surface area (Å²) in [6, 6.07) is 7.76. The van der Waals surface area contributed by atoms with Gasteiger partial charge in [0.25, 0.3) is 5.91 Å². The van der Waals surface area contributed by atoms with Crippen LogP contribution < -0.4 is 0 Å². The first-order chi connectivity index (χ1) is 12.3. The Morgan fingerprint density at radius 1 is 1.16 bits per heavy atom. The normalized spacial score (nSPS) is 21.6. The van der Waals surface area contributed by atoms with Crippen LogP contribution >= 0.6 is 0 Å². The van der Waals surface area contributed by atoms with Gasteiger partial charge in [-0.1, -0.05) is 0 Å². The number of likely N-dealkylation sites (tertiary alicyclic amines) is 1. The third-order valence-electron chi connectivity index (χ3n) is 5.11. The lowest BCUT2D eigenvalue weighted by Gasteiger charge is -2.29. The quantitative estimate of drug-likeness (QED) is 0.849. The van der Waals surface area contributed by atoms with Crippen molar-refractivity contribution in [2.45, 2.75) is 6.42 Å². The van der Waals surface area contributed by atoms with Crippen LogP contribution in [0.25, 0.3) is 5.69 Å². The van der Waals surface area contributed by atoms with Gasteiger partial charge in [0.1, 0.15) is 0 Å². The summed E-state index contributed by atoms with van der Waals surface area (Å²) in [5.74, 6) is 0.717. The van der Waals surface area contributed by atoms with Gasteiger partial charge in [0.15, 0.2) is 0 Å². The van der Waals surface area contributed by atoms with E-state index in [4.69, 9.17) is 4.74 Å². The first-order valence-corrected chi connectivity index (χ1v) is 8.97. The zero-order valence-electron chi connectivity index (χ0n) is 14.4. The topological polar surface area (TPSA) is 50.6 Å². The lowest BCUT2D eigenvalue weighted by Crippen LogP contribution is -2.40. The van der Waals surface area contributed by atoms with Gasteiger partial charge in [-0.05, 0) is 36.6 Å². The van der Waals surface area contributed by atoms with Crippen LogP contribution in [-0.2, 0) is 4.74 Å². The molecule has 0 saturated carbocycles. The maximum atomic E-state index is 12.8. The first kappa shape index (κ1) is 16.3. The summed E-state index contributed by atoms with van der Waals surface area (Å²) in [6.07, 6.45) is 6.50. The highest BCUT2D eigenvalue weighted by atomic mass is 16.5. The molecule has 2 aromatic rings. The van der Waals surface area contributed by atoms with E-state index in [1.165, 1.54) is 0 Å². The summed E-state index contributed by atoms with van der Waals surface area (Å²) in [5.41, 5.74) is 1.77. The van der Waals surface area contributed by atoms with Gasteiger partial charge in [-0.15, -0.1) is 0 Å². The van der Waals surface area contributed by atoms with E-state index in [9.17, 15) is 4.79 Å². The Bertz CT molecular complexity index is 693. The van der Waals surface area contributed by atoms with Crippen molar-refractivity contribution in [3.05, 3.63) is 48.5 Å². The number of ether oxygens (including phenoxy) is 1. The number of rotatable bonds is 4. The maximum Gasteiger partial charge on any atom is 0.253 e. The van der Waals surface area contributed by atoms with Crippen LogP contribution in [-0.4, -0.2) is 71.2 Å². The van der Waals surface area contributed by atoms with Crippen LogP contribution in [0.5, 0.6) is 0 Å². The molecular weight excluding hydrogens is 316 g/mol. The van der Waals surface area contributed by atoms with E-state index in [1.54, 1.807) is 12.5 Å². The Morgan fingerprint density at radius 2 is 1.96 bits per heavy atom. The highest BCUT2D eigenvalue weighted by Crippen LogP contribution is 2.21. The molecule has 0 bridgehead atoms. The largest absolute Gasteiger partial charge is 0.379 e. The SMILES string of the molecule is O=C(c1ccc(-n2ccnc2)cc1)N1CCC(CN2CCOCC2)C1. The minimum absolute atomic E-state index is 0.140. The number of hydrogen-bond donors (Lipinski definition) is 0. The van der Waals surface area contributed by atoms with Crippen LogP contribution in [0.3, 0.4) is 0 Å². The van der Waals surface area contributed by atoms with E-state index in [2.05, 4.69) is 9.88 Å². The number of morpholine rings is 1. The molecule has 25 heavy (non-hydrogen) atoms. The van der Waals surface area contributed by atoms with Crippen LogP contribution in [0.15, 0.2) is 43.0 Å². The Balaban J connectivity index is 1.35. The van der Waals surface area contributed by atoms with Crippen molar-refractivity contribution in [2.75, 3.05) is 45.9 Å². The predicted octanol–water partition coefficient (Wildman–Crippen LogP) is 1.67. The van der Waals surface area contributed by atoms with E-state index in [0.29, 0.717) is 5.92 Å². The molecule has 0 N–H and O–H groups in total. The minimum atomic E-state index is 0.140. The molecule has 2 fully saturated rings. The molecule has 132 valence electrons. The maximum absolute atomic E-state index is 12.8. The number of carbonyl (C=O) groups excluding carboxylic acids is 1. The third kappa shape index (κ3) is 3.75. The summed E-state index contributed by atoms with van der Waals surface area (Å²) in [6.45, 7) is 6.49. The van der Waals surface area contributed by atoms with Gasteiger partial charge in [-0.2, -0.15) is 0 Å². The van der Waals surface area contributed by atoms with Gasteiger partial charge in [0, 0.05) is 56.4 Å². The number of carbonyl (C=O) groups is 1. The fourth-order valence-electron chi connectivity index (χ4n) is 3.69. The average Bonchev–Trinajstić information content (AvgIpc) is 3.34. The van der Waals surface area contributed by atoms with Crippen LogP contribution in [0, 0.1) is 5.92 Å². The van der Waals surface area contributed by atoms with Crippen molar-refractivity contribution < 1.29 is 9.53 Å². The summed E-state index contributed by atoms with van der Waals surface area (Å²) in [5, 5.41) is 0. The molecule has 0 aliphatic carbocycles. The Hall–Kier alpha value is -2.18. The molecule has 0 spiro atoms. The molecule has 3 heterocycles. The Labute approximate surface area is 148 Å². The first-order valence-electron chi connectivity index (χ1n) is 8.97. The fraction of sp³-hybridized carbons (Fsp3) is 0.474. The van der Waals surface area contributed by atoms with Gasteiger partial charge >= 0.3 is 0 Å². The molecule has 6 heteroatoms. The highest BCUT2D eigenvalue weighted by Gasteiger charge is 2.28. The summed E-state index contributed by atoms with van der Waals surface area (Å²) in [7, 11) is 0. The summed E-state index contributed by atoms with van der Waals surface area (Å²) < 4.78 is 7.34. The molecular formula is C19H24N4O2. The number of imidazole rings is 1. The van der Waals surface area contributed by atoms with E-state index >= 15 is 0 Å². The molecule has 6 nitrogen and oxygen atoms in total. The van der Waals surface area contributed by atoms with E-state index in [-0.39, 0.29) is 5.91 Å². The van der Waals surface area contributed by atoms with Crippen molar-refractivity contribution >= 4 is 5.91 Å². The van der Waals surface area contributed by atoms with Crippen LogP contribution in [0.2, 0.25) is 0 Å². The second-order valence-electron chi connectivity index (χ2n) is 6.84. The minimum Gasteiger partial charge on any atom is -0.379 e. The fourth-order valence-corrected chi connectivity index (χ4v) is 3.69. The molecule has 2 saturated heterocycles. The van der Waals surface area contributed by atoms with E-state index in [0.717, 1.165) is 63.6 Å². The molecule has 1 aromatic carbocycles. The zero-order chi connectivity index (χ0) is 17.1. The number of benzene rings is 1. The van der Waals surface area contributed by atoms with Gasteiger partial charge in [0.2, 0.25) is 0 Å². The van der Waals surface area contributed by atoms with Crippen molar-refractivity contribution in [3.8, 4) is 5.69 Å². The molecule has 2 aliphatic rings.